The molecule has 0 atom stereocenters. The van der Waals surface area contributed by atoms with E-state index in [1.165, 1.54) is 4.31 Å². The second kappa shape index (κ2) is 7.98. The van der Waals surface area contributed by atoms with E-state index >= 15 is 0 Å². The number of sulfonamides is 1. The van der Waals surface area contributed by atoms with E-state index < -0.39 is 10.0 Å². The smallest absolute Gasteiger partial charge is 0.258 e. The van der Waals surface area contributed by atoms with E-state index in [2.05, 4.69) is 9.97 Å². The van der Waals surface area contributed by atoms with Crippen LogP contribution in [0, 0.1) is 0 Å². The van der Waals surface area contributed by atoms with Crippen molar-refractivity contribution in [3.63, 3.8) is 0 Å². The third kappa shape index (κ3) is 4.11. The molecule has 1 heterocycles. The number of benzene rings is 3. The van der Waals surface area contributed by atoms with Gasteiger partial charge in [-0.3, -0.25) is 4.79 Å². The van der Waals surface area contributed by atoms with Gasteiger partial charge < -0.3 is 4.98 Å². The maximum absolute atomic E-state index is 13.3. The molecule has 1 aromatic heterocycles. The molecule has 0 fully saturated rings. The van der Waals surface area contributed by atoms with Crippen molar-refractivity contribution in [3.05, 3.63) is 107 Å². The molecular weight excluding hydrogens is 386 g/mol. The van der Waals surface area contributed by atoms with Crippen molar-refractivity contribution >= 4 is 20.9 Å². The van der Waals surface area contributed by atoms with Crippen LogP contribution in [0.3, 0.4) is 0 Å². The molecule has 4 aromatic rings. The first-order valence-corrected chi connectivity index (χ1v) is 10.5. The number of aromatic amines is 1. The van der Waals surface area contributed by atoms with Crippen LogP contribution < -0.4 is 5.56 Å². The fraction of sp³-hybridized carbons (Fsp3) is 0.0909. The zero-order valence-electron chi connectivity index (χ0n) is 15.5. The zero-order valence-corrected chi connectivity index (χ0v) is 16.3. The van der Waals surface area contributed by atoms with E-state index in [1.54, 1.807) is 54.6 Å². The van der Waals surface area contributed by atoms with E-state index in [0.717, 1.165) is 5.56 Å². The molecule has 1 N–H and O–H groups in total. The highest BCUT2D eigenvalue weighted by molar-refractivity contribution is 7.89. The second-order valence-corrected chi connectivity index (χ2v) is 8.54. The number of para-hydroxylation sites is 1. The number of nitrogens with zero attached hydrogens (tertiary/aromatic N) is 2. The van der Waals surface area contributed by atoms with Crippen molar-refractivity contribution in [1.29, 1.82) is 0 Å². The third-order valence-electron chi connectivity index (χ3n) is 4.57. The monoisotopic (exact) mass is 405 g/mol. The number of fused-ring (bicyclic) bond motifs is 1. The summed E-state index contributed by atoms with van der Waals surface area (Å²) in [6.07, 6.45) is 0. The van der Waals surface area contributed by atoms with Gasteiger partial charge in [0.25, 0.3) is 5.56 Å². The predicted molar refractivity (Wildman–Crippen MR) is 112 cm³/mol. The highest BCUT2D eigenvalue weighted by Crippen LogP contribution is 2.20. The van der Waals surface area contributed by atoms with Crippen LogP contribution in [-0.4, -0.2) is 22.7 Å². The van der Waals surface area contributed by atoms with Crippen molar-refractivity contribution in [2.24, 2.45) is 0 Å². The molecule has 0 amide bonds. The second-order valence-electron chi connectivity index (χ2n) is 6.60. The molecule has 0 aliphatic heterocycles. The number of aromatic nitrogens is 2. The minimum atomic E-state index is -3.79. The van der Waals surface area contributed by atoms with E-state index in [-0.39, 0.29) is 23.5 Å². The summed E-state index contributed by atoms with van der Waals surface area (Å²) >= 11 is 0. The Morgan fingerprint density at radius 2 is 1.41 bits per heavy atom. The molecule has 146 valence electrons. The molecular formula is C22H19N3O3S. The van der Waals surface area contributed by atoms with Gasteiger partial charge in [0.2, 0.25) is 10.0 Å². The highest BCUT2D eigenvalue weighted by Gasteiger charge is 2.25. The average Bonchev–Trinajstić information content (AvgIpc) is 2.75. The molecule has 0 aliphatic rings. The van der Waals surface area contributed by atoms with Gasteiger partial charge in [0.1, 0.15) is 5.82 Å². The normalized spacial score (nSPS) is 11.8. The maximum Gasteiger partial charge on any atom is 0.258 e. The molecule has 3 aromatic carbocycles. The molecule has 0 saturated carbocycles. The van der Waals surface area contributed by atoms with Crippen molar-refractivity contribution in [3.8, 4) is 0 Å². The molecule has 6 nitrogen and oxygen atoms in total. The van der Waals surface area contributed by atoms with Crippen LogP contribution >= 0.6 is 0 Å². The predicted octanol–water partition coefficient (Wildman–Crippen LogP) is 3.31. The molecule has 0 unspecified atom stereocenters. The van der Waals surface area contributed by atoms with Gasteiger partial charge >= 0.3 is 0 Å². The minimum Gasteiger partial charge on any atom is -0.309 e. The molecule has 4 rings (SSSR count). The summed E-state index contributed by atoms with van der Waals surface area (Å²) in [5.74, 6) is 0.295. The van der Waals surface area contributed by atoms with Crippen molar-refractivity contribution < 1.29 is 8.42 Å². The summed E-state index contributed by atoms with van der Waals surface area (Å²) in [7, 11) is -3.79. The van der Waals surface area contributed by atoms with Gasteiger partial charge in [0.15, 0.2) is 0 Å². The fourth-order valence-electron chi connectivity index (χ4n) is 3.13. The Balaban J connectivity index is 1.75. The number of nitrogens with one attached hydrogen (secondary N) is 1. The SMILES string of the molecule is O=c1[nH]c(CN(Cc2ccccc2)S(=O)(=O)c2ccccc2)nc2ccccc12. The molecule has 0 aliphatic carbocycles. The highest BCUT2D eigenvalue weighted by atomic mass is 32.2. The zero-order chi connectivity index (χ0) is 20.3. The summed E-state index contributed by atoms with van der Waals surface area (Å²) in [4.78, 5) is 19.8. The van der Waals surface area contributed by atoms with Gasteiger partial charge in [-0.25, -0.2) is 13.4 Å². The van der Waals surface area contributed by atoms with Crippen molar-refractivity contribution in [2.75, 3.05) is 0 Å². The first-order chi connectivity index (χ1) is 14.0. The summed E-state index contributed by atoms with van der Waals surface area (Å²) in [5, 5.41) is 0.469. The van der Waals surface area contributed by atoms with E-state index in [4.69, 9.17) is 0 Å². The number of hydrogen-bond acceptors (Lipinski definition) is 4. The quantitative estimate of drug-likeness (QED) is 0.533. The molecule has 0 spiro atoms. The number of H-pyrrole nitrogens is 1. The molecule has 0 bridgehead atoms. The van der Waals surface area contributed by atoms with Crippen LogP contribution in [0.15, 0.2) is 94.6 Å². The number of hydrogen-bond donors (Lipinski definition) is 1. The van der Waals surface area contributed by atoms with Gasteiger partial charge in [0.05, 0.1) is 22.3 Å². The van der Waals surface area contributed by atoms with Crippen molar-refractivity contribution in [1.82, 2.24) is 14.3 Å². The largest absolute Gasteiger partial charge is 0.309 e. The Morgan fingerprint density at radius 3 is 2.14 bits per heavy atom. The standard InChI is InChI=1S/C22H19N3O3S/c26-22-19-13-7-8-14-20(19)23-21(24-22)16-25(15-17-9-3-1-4-10-17)29(27,28)18-11-5-2-6-12-18/h1-14H,15-16H2,(H,23,24,26). The van der Waals surface area contributed by atoms with Gasteiger partial charge in [-0.1, -0.05) is 60.7 Å². The number of rotatable bonds is 6. The van der Waals surface area contributed by atoms with Crippen LogP contribution in [0.1, 0.15) is 11.4 Å². The summed E-state index contributed by atoms with van der Waals surface area (Å²) in [5.41, 5.74) is 1.08. The van der Waals surface area contributed by atoms with Crippen molar-refractivity contribution in [2.45, 2.75) is 18.0 Å². The molecule has 7 heteroatoms. The van der Waals surface area contributed by atoms with Crippen LogP contribution in [-0.2, 0) is 23.1 Å². The Hall–Kier alpha value is -3.29. The summed E-state index contributed by atoms with van der Waals surface area (Å²) < 4.78 is 27.9. The lowest BCUT2D eigenvalue weighted by atomic mass is 10.2. The van der Waals surface area contributed by atoms with E-state index in [0.29, 0.717) is 16.7 Å². The van der Waals surface area contributed by atoms with Gasteiger partial charge in [0, 0.05) is 6.54 Å². The summed E-state index contributed by atoms with van der Waals surface area (Å²) in [6.45, 7) is 0.112. The maximum atomic E-state index is 13.3. The first kappa shape index (κ1) is 19.0. The Kier molecular flexibility index (Phi) is 5.24. The lowest BCUT2D eigenvalue weighted by Gasteiger charge is -2.22. The van der Waals surface area contributed by atoms with Gasteiger partial charge in [-0.2, -0.15) is 4.31 Å². The van der Waals surface area contributed by atoms with Crippen LogP contribution in [0.5, 0.6) is 0 Å². The first-order valence-electron chi connectivity index (χ1n) is 9.11. The molecule has 0 saturated heterocycles. The topological polar surface area (TPSA) is 83.1 Å². The average molecular weight is 405 g/mol. The summed E-state index contributed by atoms with van der Waals surface area (Å²) in [6, 6.07) is 24.6. The van der Waals surface area contributed by atoms with E-state index in [9.17, 15) is 13.2 Å². The Labute approximate surface area is 168 Å². The van der Waals surface area contributed by atoms with Crippen LogP contribution in [0.2, 0.25) is 0 Å². The Bertz CT molecular complexity index is 1290. The fourth-order valence-corrected chi connectivity index (χ4v) is 4.54. The van der Waals surface area contributed by atoms with Crippen LogP contribution in [0.4, 0.5) is 0 Å². The molecule has 0 radical (unpaired) electrons. The molecule has 29 heavy (non-hydrogen) atoms. The van der Waals surface area contributed by atoms with Crippen LogP contribution in [0.25, 0.3) is 10.9 Å². The Morgan fingerprint density at radius 1 is 0.793 bits per heavy atom. The minimum absolute atomic E-state index is 0.0494. The van der Waals surface area contributed by atoms with Gasteiger partial charge in [-0.05, 0) is 29.8 Å². The lowest BCUT2D eigenvalue weighted by Crippen LogP contribution is -2.31. The lowest BCUT2D eigenvalue weighted by molar-refractivity contribution is 0.392. The van der Waals surface area contributed by atoms with E-state index in [1.807, 2.05) is 30.3 Å². The third-order valence-corrected chi connectivity index (χ3v) is 6.38. The van der Waals surface area contributed by atoms with Gasteiger partial charge in [-0.15, -0.1) is 0 Å².